The Hall–Kier alpha value is -2.98. The minimum Gasteiger partial charge on any atom is -0.489 e. The van der Waals surface area contributed by atoms with E-state index >= 15 is 0 Å². The van der Waals surface area contributed by atoms with Gasteiger partial charge in [0.2, 0.25) is 5.91 Å². The van der Waals surface area contributed by atoms with Crippen LogP contribution in [0.2, 0.25) is 5.02 Å². The minimum absolute atomic E-state index is 0.0954. The molecule has 0 fully saturated rings. The first-order chi connectivity index (χ1) is 13.1. The van der Waals surface area contributed by atoms with Crippen LogP contribution in [0.25, 0.3) is 0 Å². The van der Waals surface area contributed by atoms with Gasteiger partial charge in [-0.2, -0.15) is 0 Å². The summed E-state index contributed by atoms with van der Waals surface area (Å²) in [7, 11) is 0. The Morgan fingerprint density at radius 1 is 0.889 bits per heavy atom. The van der Waals surface area contributed by atoms with Gasteiger partial charge in [-0.3, -0.25) is 4.79 Å². The number of benzene rings is 3. The smallest absolute Gasteiger partial charge is 0.243 e. The van der Waals surface area contributed by atoms with E-state index in [1.54, 1.807) is 0 Å². The monoisotopic (exact) mass is 380 g/mol. The highest BCUT2D eigenvalue weighted by Crippen LogP contribution is 2.18. The topological polar surface area (TPSA) is 50.4 Å². The minimum atomic E-state index is -0.0954. The molecule has 0 spiro atoms. The van der Waals surface area contributed by atoms with Crippen molar-refractivity contribution in [3.63, 3.8) is 0 Å². The maximum Gasteiger partial charge on any atom is 0.243 e. The summed E-state index contributed by atoms with van der Waals surface area (Å²) in [5.41, 5.74) is 3.85. The molecule has 3 aromatic carbocycles. The van der Waals surface area contributed by atoms with Crippen LogP contribution in [0.5, 0.6) is 5.75 Å². The van der Waals surface area contributed by atoms with Gasteiger partial charge in [0.1, 0.15) is 12.4 Å². The molecule has 4 nitrogen and oxygen atoms in total. The summed E-state index contributed by atoms with van der Waals surface area (Å²) in [6.07, 6.45) is 0. The lowest BCUT2D eigenvalue weighted by Gasteiger charge is -2.10. The molecule has 0 aromatic heterocycles. The van der Waals surface area contributed by atoms with Gasteiger partial charge in [0.05, 0.1) is 6.54 Å². The van der Waals surface area contributed by atoms with Crippen molar-refractivity contribution in [2.75, 3.05) is 17.2 Å². The molecule has 0 bridgehead atoms. The van der Waals surface area contributed by atoms with E-state index < -0.39 is 0 Å². The van der Waals surface area contributed by atoms with Gasteiger partial charge in [-0.05, 0) is 61.0 Å². The SMILES string of the molecule is Cc1ccc(NC(=O)CNc2ccc(OCc3ccc(Cl)cc3)cc2)cc1. The number of hydrogen-bond donors (Lipinski definition) is 2. The molecule has 0 saturated carbocycles. The third-order valence-corrected chi connectivity index (χ3v) is 4.21. The van der Waals surface area contributed by atoms with Crippen molar-refractivity contribution < 1.29 is 9.53 Å². The number of hydrogen-bond acceptors (Lipinski definition) is 3. The summed E-state index contributed by atoms with van der Waals surface area (Å²) < 4.78 is 5.75. The Morgan fingerprint density at radius 2 is 1.52 bits per heavy atom. The first kappa shape index (κ1) is 18.8. The molecule has 0 aliphatic heterocycles. The molecule has 0 radical (unpaired) electrons. The Balaban J connectivity index is 1.45. The lowest BCUT2D eigenvalue weighted by molar-refractivity contribution is -0.114. The highest BCUT2D eigenvalue weighted by Gasteiger charge is 2.03. The molecule has 0 saturated heterocycles. The van der Waals surface area contributed by atoms with Crippen LogP contribution in [-0.4, -0.2) is 12.5 Å². The van der Waals surface area contributed by atoms with Gasteiger partial charge < -0.3 is 15.4 Å². The second kappa shape index (κ2) is 9.10. The summed E-state index contributed by atoms with van der Waals surface area (Å²) in [5.74, 6) is 0.668. The Labute approximate surface area is 164 Å². The molecule has 3 aromatic rings. The quantitative estimate of drug-likeness (QED) is 0.586. The second-order valence-electron chi connectivity index (χ2n) is 6.21. The van der Waals surface area contributed by atoms with Crippen LogP contribution in [0.15, 0.2) is 72.8 Å². The largest absolute Gasteiger partial charge is 0.489 e. The first-order valence-corrected chi connectivity index (χ1v) is 9.04. The molecular formula is C22H21ClN2O2. The predicted octanol–water partition coefficient (Wildman–Crippen LogP) is 5.28. The number of anilines is 2. The number of nitrogens with one attached hydrogen (secondary N) is 2. The van der Waals surface area contributed by atoms with Crippen LogP contribution in [0.1, 0.15) is 11.1 Å². The van der Waals surface area contributed by atoms with Crippen molar-refractivity contribution in [1.82, 2.24) is 0 Å². The van der Waals surface area contributed by atoms with Crippen LogP contribution in [0.4, 0.5) is 11.4 Å². The standard InChI is InChI=1S/C22H21ClN2O2/c1-16-2-8-20(9-3-16)25-22(26)14-24-19-10-12-21(13-11-19)27-15-17-4-6-18(23)7-5-17/h2-13,24H,14-15H2,1H3,(H,25,26). The van der Waals surface area contributed by atoms with Crippen molar-refractivity contribution >= 4 is 28.9 Å². The fraction of sp³-hybridized carbons (Fsp3) is 0.136. The summed E-state index contributed by atoms with van der Waals surface area (Å²) in [5, 5.41) is 6.67. The summed E-state index contributed by atoms with van der Waals surface area (Å²) in [6.45, 7) is 2.68. The third kappa shape index (κ3) is 6.04. The van der Waals surface area contributed by atoms with E-state index in [-0.39, 0.29) is 12.5 Å². The lowest BCUT2D eigenvalue weighted by atomic mass is 10.2. The normalized spacial score (nSPS) is 10.3. The van der Waals surface area contributed by atoms with Gasteiger partial charge in [0, 0.05) is 16.4 Å². The highest BCUT2D eigenvalue weighted by molar-refractivity contribution is 6.30. The van der Waals surface area contributed by atoms with E-state index in [4.69, 9.17) is 16.3 Å². The van der Waals surface area contributed by atoms with E-state index in [2.05, 4.69) is 10.6 Å². The molecule has 0 heterocycles. The van der Waals surface area contributed by atoms with Crippen molar-refractivity contribution in [2.24, 2.45) is 0 Å². The Morgan fingerprint density at radius 3 is 2.19 bits per heavy atom. The molecule has 27 heavy (non-hydrogen) atoms. The number of rotatable bonds is 7. The highest BCUT2D eigenvalue weighted by atomic mass is 35.5. The van der Waals surface area contributed by atoms with Crippen LogP contribution in [0.3, 0.4) is 0 Å². The van der Waals surface area contributed by atoms with Gasteiger partial charge in [0.15, 0.2) is 0 Å². The zero-order chi connectivity index (χ0) is 19.1. The van der Waals surface area contributed by atoms with E-state index in [0.717, 1.165) is 28.3 Å². The number of amides is 1. The van der Waals surface area contributed by atoms with Crippen molar-refractivity contribution in [3.05, 3.63) is 88.9 Å². The van der Waals surface area contributed by atoms with Crippen molar-refractivity contribution in [1.29, 1.82) is 0 Å². The molecule has 5 heteroatoms. The van der Waals surface area contributed by atoms with E-state index in [9.17, 15) is 4.79 Å². The molecule has 2 N–H and O–H groups in total. The number of carbonyl (C=O) groups is 1. The number of ether oxygens (including phenoxy) is 1. The second-order valence-corrected chi connectivity index (χ2v) is 6.64. The van der Waals surface area contributed by atoms with E-state index in [1.807, 2.05) is 79.7 Å². The molecule has 0 unspecified atom stereocenters. The molecule has 0 aliphatic rings. The van der Waals surface area contributed by atoms with Crippen molar-refractivity contribution in [3.8, 4) is 5.75 Å². The van der Waals surface area contributed by atoms with E-state index in [1.165, 1.54) is 0 Å². The fourth-order valence-electron chi connectivity index (χ4n) is 2.44. The first-order valence-electron chi connectivity index (χ1n) is 8.66. The fourth-order valence-corrected chi connectivity index (χ4v) is 2.57. The van der Waals surface area contributed by atoms with Crippen LogP contribution >= 0.6 is 11.6 Å². The molecule has 0 aliphatic carbocycles. The molecule has 0 atom stereocenters. The average molecular weight is 381 g/mol. The molecular weight excluding hydrogens is 360 g/mol. The number of carbonyl (C=O) groups excluding carboxylic acids is 1. The zero-order valence-corrected chi connectivity index (χ0v) is 15.8. The van der Waals surface area contributed by atoms with Gasteiger partial charge in [0.25, 0.3) is 0 Å². The van der Waals surface area contributed by atoms with Crippen LogP contribution in [-0.2, 0) is 11.4 Å². The van der Waals surface area contributed by atoms with Gasteiger partial charge >= 0.3 is 0 Å². The van der Waals surface area contributed by atoms with Crippen LogP contribution in [0, 0.1) is 6.92 Å². The Bertz CT molecular complexity index is 876. The molecule has 1 amide bonds. The lowest BCUT2D eigenvalue weighted by Crippen LogP contribution is -2.21. The van der Waals surface area contributed by atoms with Gasteiger partial charge in [-0.15, -0.1) is 0 Å². The van der Waals surface area contributed by atoms with Gasteiger partial charge in [-0.1, -0.05) is 41.4 Å². The predicted molar refractivity (Wildman–Crippen MR) is 111 cm³/mol. The number of aryl methyl sites for hydroxylation is 1. The maximum absolute atomic E-state index is 12.0. The number of halogens is 1. The van der Waals surface area contributed by atoms with Crippen molar-refractivity contribution in [2.45, 2.75) is 13.5 Å². The van der Waals surface area contributed by atoms with Crippen LogP contribution < -0.4 is 15.4 Å². The molecule has 138 valence electrons. The Kier molecular flexibility index (Phi) is 6.34. The summed E-state index contributed by atoms with van der Waals surface area (Å²) in [4.78, 5) is 12.0. The zero-order valence-electron chi connectivity index (χ0n) is 15.0. The summed E-state index contributed by atoms with van der Waals surface area (Å²) >= 11 is 5.87. The van der Waals surface area contributed by atoms with E-state index in [0.29, 0.717) is 11.6 Å². The molecule has 3 rings (SSSR count). The average Bonchev–Trinajstić information content (AvgIpc) is 2.68. The maximum atomic E-state index is 12.0. The third-order valence-electron chi connectivity index (χ3n) is 3.96. The summed E-state index contributed by atoms with van der Waals surface area (Å²) in [6, 6.07) is 22.8. The van der Waals surface area contributed by atoms with Gasteiger partial charge in [-0.25, -0.2) is 0 Å².